The number of hydrogen-bond acceptors (Lipinski definition) is 3. The van der Waals surface area contributed by atoms with Crippen LogP contribution >= 0.6 is 0 Å². The third-order valence-electron chi connectivity index (χ3n) is 3.80. The normalized spacial score (nSPS) is 10.6. The molecule has 1 heterocycles. The number of hydrogen-bond donors (Lipinski definition) is 1. The number of carbonyl (C=O) groups excluding carboxylic acids is 1. The molecule has 0 bridgehead atoms. The van der Waals surface area contributed by atoms with Gasteiger partial charge < -0.3 is 5.32 Å². The Morgan fingerprint density at radius 2 is 1.80 bits per heavy atom. The molecule has 7 heteroatoms. The van der Waals surface area contributed by atoms with Crippen LogP contribution in [0.4, 0.5) is 4.39 Å². The van der Waals surface area contributed by atoms with Crippen molar-refractivity contribution >= 4 is 5.91 Å². The molecule has 0 saturated carbocycles. The topological polar surface area (TPSA) is 68.9 Å². The number of benzene rings is 2. The molecular formula is C18H17FN4O2. The maximum atomic E-state index is 13.6. The van der Waals surface area contributed by atoms with E-state index in [2.05, 4.69) is 10.4 Å². The van der Waals surface area contributed by atoms with Gasteiger partial charge in [-0.1, -0.05) is 42.5 Å². The van der Waals surface area contributed by atoms with Gasteiger partial charge in [0.1, 0.15) is 5.82 Å². The summed E-state index contributed by atoms with van der Waals surface area (Å²) in [7, 11) is 1.64. The second-order valence-corrected chi connectivity index (χ2v) is 5.49. The number of amides is 1. The van der Waals surface area contributed by atoms with Crippen LogP contribution in [-0.2, 0) is 13.6 Å². The zero-order chi connectivity index (χ0) is 17.8. The number of nitrogens with zero attached hydrogens (tertiary/aromatic N) is 3. The fourth-order valence-electron chi connectivity index (χ4n) is 2.49. The van der Waals surface area contributed by atoms with Crippen molar-refractivity contribution in [3.63, 3.8) is 0 Å². The highest BCUT2D eigenvalue weighted by Crippen LogP contribution is 2.13. The van der Waals surface area contributed by atoms with E-state index >= 15 is 0 Å². The zero-order valence-electron chi connectivity index (χ0n) is 13.6. The zero-order valence-corrected chi connectivity index (χ0v) is 13.6. The van der Waals surface area contributed by atoms with Gasteiger partial charge in [0.25, 0.3) is 5.91 Å². The summed E-state index contributed by atoms with van der Waals surface area (Å²) in [4.78, 5) is 24.2. The van der Waals surface area contributed by atoms with Crippen LogP contribution in [0.15, 0.2) is 59.4 Å². The van der Waals surface area contributed by atoms with Crippen molar-refractivity contribution in [1.82, 2.24) is 19.7 Å². The molecule has 0 spiro atoms. The Morgan fingerprint density at radius 1 is 1.12 bits per heavy atom. The second-order valence-electron chi connectivity index (χ2n) is 5.49. The van der Waals surface area contributed by atoms with Gasteiger partial charge in [0.05, 0.1) is 12.1 Å². The first kappa shape index (κ1) is 16.6. The van der Waals surface area contributed by atoms with Crippen LogP contribution in [0.25, 0.3) is 11.4 Å². The number of rotatable bonds is 5. The summed E-state index contributed by atoms with van der Waals surface area (Å²) in [6, 6.07) is 15.1. The SMILES string of the molecule is Cn1c(-c2ccccc2)nn(CCNC(=O)c2ccccc2F)c1=O. The van der Waals surface area contributed by atoms with E-state index in [4.69, 9.17) is 0 Å². The first-order chi connectivity index (χ1) is 12.1. The molecule has 3 rings (SSSR count). The van der Waals surface area contributed by atoms with Crippen molar-refractivity contribution in [3.8, 4) is 11.4 Å². The lowest BCUT2D eigenvalue weighted by molar-refractivity contribution is 0.0947. The highest BCUT2D eigenvalue weighted by molar-refractivity contribution is 5.94. The van der Waals surface area contributed by atoms with Gasteiger partial charge in [0.15, 0.2) is 5.82 Å². The Balaban J connectivity index is 1.69. The second kappa shape index (κ2) is 7.12. The van der Waals surface area contributed by atoms with Crippen LogP contribution < -0.4 is 11.0 Å². The number of halogens is 1. The van der Waals surface area contributed by atoms with E-state index in [1.165, 1.54) is 27.4 Å². The first-order valence-electron chi connectivity index (χ1n) is 7.80. The molecule has 0 fully saturated rings. The number of carbonyl (C=O) groups is 1. The van der Waals surface area contributed by atoms with E-state index in [1.807, 2.05) is 30.3 Å². The first-order valence-corrected chi connectivity index (χ1v) is 7.80. The summed E-state index contributed by atoms with van der Waals surface area (Å²) in [5, 5.41) is 6.90. The molecule has 6 nitrogen and oxygen atoms in total. The van der Waals surface area contributed by atoms with Gasteiger partial charge in [-0.15, -0.1) is 5.10 Å². The molecule has 128 valence electrons. The standard InChI is InChI=1S/C18H17FN4O2/c1-22-16(13-7-3-2-4-8-13)21-23(18(22)25)12-11-20-17(24)14-9-5-6-10-15(14)19/h2-10H,11-12H2,1H3,(H,20,24). The van der Waals surface area contributed by atoms with E-state index in [1.54, 1.807) is 13.1 Å². The number of nitrogens with one attached hydrogen (secondary N) is 1. The van der Waals surface area contributed by atoms with Crippen molar-refractivity contribution in [3.05, 3.63) is 76.5 Å². The van der Waals surface area contributed by atoms with Crippen molar-refractivity contribution in [2.75, 3.05) is 6.54 Å². The van der Waals surface area contributed by atoms with Crippen molar-refractivity contribution in [1.29, 1.82) is 0 Å². The predicted octanol–water partition coefficient (Wildman–Crippen LogP) is 1.82. The smallest absolute Gasteiger partial charge is 0.345 e. The number of aromatic nitrogens is 3. The van der Waals surface area contributed by atoms with Crippen LogP contribution in [0, 0.1) is 5.82 Å². The lowest BCUT2D eigenvalue weighted by Crippen LogP contribution is -2.32. The minimum Gasteiger partial charge on any atom is -0.350 e. The van der Waals surface area contributed by atoms with E-state index < -0.39 is 11.7 Å². The van der Waals surface area contributed by atoms with Crippen molar-refractivity contribution < 1.29 is 9.18 Å². The van der Waals surface area contributed by atoms with Crippen LogP contribution in [0.5, 0.6) is 0 Å². The van der Waals surface area contributed by atoms with Crippen molar-refractivity contribution in [2.45, 2.75) is 6.54 Å². The van der Waals surface area contributed by atoms with Gasteiger partial charge >= 0.3 is 5.69 Å². The Labute approximate surface area is 143 Å². The van der Waals surface area contributed by atoms with Gasteiger partial charge in [-0.2, -0.15) is 0 Å². The van der Waals surface area contributed by atoms with E-state index in [9.17, 15) is 14.0 Å². The molecule has 25 heavy (non-hydrogen) atoms. The summed E-state index contributed by atoms with van der Waals surface area (Å²) in [5.74, 6) is -0.558. The van der Waals surface area contributed by atoms with Gasteiger partial charge in [0.2, 0.25) is 0 Å². The third kappa shape index (κ3) is 3.50. The molecule has 0 unspecified atom stereocenters. The molecule has 1 amide bonds. The Bertz CT molecular complexity index is 947. The lowest BCUT2D eigenvalue weighted by Gasteiger charge is -2.05. The maximum Gasteiger partial charge on any atom is 0.345 e. The molecule has 1 N–H and O–H groups in total. The largest absolute Gasteiger partial charge is 0.350 e. The average molecular weight is 340 g/mol. The van der Waals surface area contributed by atoms with Crippen LogP contribution in [-0.4, -0.2) is 26.8 Å². The van der Waals surface area contributed by atoms with Gasteiger partial charge in [-0.05, 0) is 12.1 Å². The molecule has 0 atom stereocenters. The Hall–Kier alpha value is -3.22. The average Bonchev–Trinajstić information content (AvgIpc) is 2.91. The van der Waals surface area contributed by atoms with Gasteiger partial charge in [0, 0.05) is 19.2 Å². The summed E-state index contributed by atoms with van der Waals surface area (Å²) >= 11 is 0. The van der Waals surface area contributed by atoms with E-state index in [-0.39, 0.29) is 24.3 Å². The molecule has 0 aliphatic heterocycles. The van der Waals surface area contributed by atoms with Crippen LogP contribution in [0.3, 0.4) is 0 Å². The molecule has 0 aliphatic carbocycles. The van der Waals surface area contributed by atoms with Gasteiger partial charge in [-0.3, -0.25) is 9.36 Å². The monoisotopic (exact) mass is 340 g/mol. The Morgan fingerprint density at radius 3 is 2.52 bits per heavy atom. The molecule has 2 aromatic carbocycles. The Kier molecular flexibility index (Phi) is 4.74. The highest BCUT2D eigenvalue weighted by Gasteiger charge is 2.13. The maximum absolute atomic E-state index is 13.6. The predicted molar refractivity (Wildman–Crippen MR) is 91.6 cm³/mol. The summed E-state index contributed by atoms with van der Waals surface area (Å²) in [6.45, 7) is 0.359. The minimum absolute atomic E-state index is 0.0270. The minimum atomic E-state index is -0.582. The quantitative estimate of drug-likeness (QED) is 0.770. The fraction of sp³-hybridized carbons (Fsp3) is 0.167. The highest BCUT2D eigenvalue weighted by atomic mass is 19.1. The third-order valence-corrected chi connectivity index (χ3v) is 3.80. The summed E-state index contributed by atoms with van der Waals surface area (Å²) < 4.78 is 16.3. The molecule has 3 aromatic rings. The van der Waals surface area contributed by atoms with E-state index in [0.29, 0.717) is 5.82 Å². The van der Waals surface area contributed by atoms with Crippen LogP contribution in [0.2, 0.25) is 0 Å². The van der Waals surface area contributed by atoms with Gasteiger partial charge in [-0.25, -0.2) is 13.9 Å². The lowest BCUT2D eigenvalue weighted by atomic mass is 10.2. The van der Waals surface area contributed by atoms with E-state index in [0.717, 1.165) is 5.56 Å². The molecule has 0 radical (unpaired) electrons. The summed E-state index contributed by atoms with van der Waals surface area (Å²) in [5.41, 5.74) is 0.524. The molecule has 0 saturated heterocycles. The van der Waals surface area contributed by atoms with Crippen LogP contribution in [0.1, 0.15) is 10.4 Å². The summed E-state index contributed by atoms with van der Waals surface area (Å²) in [6.07, 6.45) is 0. The van der Waals surface area contributed by atoms with Crippen molar-refractivity contribution in [2.24, 2.45) is 7.05 Å². The molecule has 0 aliphatic rings. The molecule has 1 aromatic heterocycles. The molecular weight excluding hydrogens is 323 g/mol. The fourth-order valence-corrected chi connectivity index (χ4v) is 2.49.